The van der Waals surface area contributed by atoms with Gasteiger partial charge in [-0.05, 0) is 34.3 Å². The van der Waals surface area contributed by atoms with Gasteiger partial charge in [-0.1, -0.05) is 24.3 Å². The number of nitrogens with one attached hydrogen (secondary N) is 1. The lowest BCUT2D eigenvalue weighted by molar-refractivity contribution is 0.185. The molecular weight excluding hydrogens is 320 g/mol. The van der Waals surface area contributed by atoms with E-state index in [0.717, 1.165) is 29.7 Å². The monoisotopic (exact) mass is 334 g/mol. The smallest absolute Gasteiger partial charge is 0.265 e. The van der Waals surface area contributed by atoms with Crippen LogP contribution in [0.2, 0.25) is 0 Å². The summed E-state index contributed by atoms with van der Waals surface area (Å²) in [6.45, 7) is 0.581. The second kappa shape index (κ2) is 5.50. The van der Waals surface area contributed by atoms with E-state index in [4.69, 9.17) is 4.74 Å². The summed E-state index contributed by atoms with van der Waals surface area (Å²) in [4.78, 5) is 19.4. The molecule has 1 heterocycles. The Labute approximate surface area is 125 Å². The maximum Gasteiger partial charge on any atom is 0.265 e. The van der Waals surface area contributed by atoms with E-state index in [1.165, 1.54) is 0 Å². The van der Waals surface area contributed by atoms with Gasteiger partial charge in [0.15, 0.2) is 0 Å². The van der Waals surface area contributed by atoms with Gasteiger partial charge in [-0.2, -0.15) is 0 Å². The fraction of sp³-hybridized carbons (Fsp3) is 0.333. The van der Waals surface area contributed by atoms with Crippen LogP contribution in [0.1, 0.15) is 30.0 Å². The molecule has 0 bridgehead atoms. The zero-order valence-corrected chi connectivity index (χ0v) is 12.7. The van der Waals surface area contributed by atoms with Gasteiger partial charge in [-0.3, -0.25) is 4.79 Å². The van der Waals surface area contributed by atoms with Gasteiger partial charge in [0.2, 0.25) is 0 Å². The highest BCUT2D eigenvalue weighted by molar-refractivity contribution is 9.10. The molecule has 5 heteroatoms. The van der Waals surface area contributed by atoms with Crippen LogP contribution in [0.15, 0.2) is 33.5 Å². The molecule has 0 saturated heterocycles. The summed E-state index contributed by atoms with van der Waals surface area (Å²) in [7, 11) is 1.67. The molecule has 4 nitrogen and oxygen atoms in total. The molecule has 1 aliphatic carbocycles. The molecule has 1 aromatic carbocycles. The Morgan fingerprint density at radius 2 is 2.05 bits per heavy atom. The van der Waals surface area contributed by atoms with Crippen LogP contribution in [0, 0.1) is 0 Å². The summed E-state index contributed by atoms with van der Waals surface area (Å²) in [5.74, 6) is 1.06. The summed E-state index contributed by atoms with van der Waals surface area (Å²) in [6, 6.07) is 7.88. The van der Waals surface area contributed by atoms with Crippen molar-refractivity contribution in [3.63, 3.8) is 0 Å². The molecule has 0 unspecified atom stereocenters. The van der Waals surface area contributed by atoms with Crippen molar-refractivity contribution in [2.45, 2.75) is 25.4 Å². The Bertz CT molecular complexity index is 675. The summed E-state index contributed by atoms with van der Waals surface area (Å²) in [6.07, 6.45) is 2.22. The van der Waals surface area contributed by atoms with Crippen LogP contribution in [0.5, 0.6) is 0 Å². The number of hydrogen-bond donors (Lipinski definition) is 1. The zero-order chi connectivity index (χ0) is 14.1. The topological polar surface area (TPSA) is 55.0 Å². The number of methoxy groups -OCH3 is 1. The maximum atomic E-state index is 12.0. The molecule has 104 valence electrons. The highest BCUT2D eigenvalue weighted by Crippen LogP contribution is 2.41. The van der Waals surface area contributed by atoms with E-state index in [-0.39, 0.29) is 5.56 Å². The Morgan fingerprint density at radius 1 is 1.35 bits per heavy atom. The molecule has 20 heavy (non-hydrogen) atoms. The predicted octanol–water partition coefficient (Wildman–Crippen LogP) is 3.22. The lowest BCUT2D eigenvalue weighted by atomic mass is 10.1. The minimum atomic E-state index is -0.113. The molecule has 0 radical (unpaired) electrons. The van der Waals surface area contributed by atoms with Crippen LogP contribution >= 0.6 is 15.9 Å². The number of hydrogen-bond acceptors (Lipinski definition) is 3. The van der Waals surface area contributed by atoms with E-state index in [1.54, 1.807) is 7.11 Å². The highest BCUT2D eigenvalue weighted by atomic mass is 79.9. The van der Waals surface area contributed by atoms with Crippen molar-refractivity contribution in [3.05, 3.63) is 50.3 Å². The van der Waals surface area contributed by atoms with Crippen molar-refractivity contribution in [2.24, 2.45) is 0 Å². The molecular formula is C15H15BrN2O2. The molecule has 1 N–H and O–H groups in total. The second-order valence-corrected chi connectivity index (χ2v) is 5.81. The number of aromatic amines is 1. The van der Waals surface area contributed by atoms with Gasteiger partial charge in [0, 0.05) is 18.6 Å². The average Bonchev–Trinajstić information content (AvgIpc) is 3.27. The van der Waals surface area contributed by atoms with E-state index in [2.05, 4.69) is 25.9 Å². The second-order valence-electron chi connectivity index (χ2n) is 5.02. The highest BCUT2D eigenvalue weighted by Gasteiger charge is 2.29. The van der Waals surface area contributed by atoms with Gasteiger partial charge in [0.25, 0.3) is 5.56 Å². The quantitative estimate of drug-likeness (QED) is 0.933. The Kier molecular flexibility index (Phi) is 3.72. The van der Waals surface area contributed by atoms with E-state index >= 15 is 0 Å². The number of aromatic nitrogens is 2. The lowest BCUT2D eigenvalue weighted by Gasteiger charge is -2.07. The summed E-state index contributed by atoms with van der Waals surface area (Å²) >= 11 is 3.34. The molecule has 0 amide bonds. The van der Waals surface area contributed by atoms with Crippen molar-refractivity contribution < 1.29 is 4.74 Å². The summed E-state index contributed by atoms with van der Waals surface area (Å²) in [5.41, 5.74) is 2.78. The van der Waals surface area contributed by atoms with E-state index in [1.807, 2.05) is 24.3 Å². The summed E-state index contributed by atoms with van der Waals surface area (Å²) in [5, 5.41) is 0. The van der Waals surface area contributed by atoms with Crippen LogP contribution in [0.4, 0.5) is 0 Å². The predicted molar refractivity (Wildman–Crippen MR) is 80.7 cm³/mol. The first-order chi connectivity index (χ1) is 9.69. The maximum absolute atomic E-state index is 12.0. The van der Waals surface area contributed by atoms with Gasteiger partial charge in [0.05, 0.1) is 12.3 Å². The Hall–Kier alpha value is -1.46. The first kappa shape index (κ1) is 13.5. The third-order valence-electron chi connectivity index (χ3n) is 3.39. The van der Waals surface area contributed by atoms with Gasteiger partial charge < -0.3 is 9.72 Å². The zero-order valence-electron chi connectivity index (χ0n) is 11.1. The van der Waals surface area contributed by atoms with Gasteiger partial charge >= 0.3 is 0 Å². The number of H-pyrrole nitrogens is 1. The van der Waals surface area contributed by atoms with Crippen molar-refractivity contribution in [1.82, 2.24) is 9.97 Å². The number of halogens is 1. The third kappa shape index (κ3) is 2.69. The Balaban J connectivity index is 1.99. The average molecular weight is 335 g/mol. The van der Waals surface area contributed by atoms with Gasteiger partial charge in [-0.25, -0.2) is 4.98 Å². The third-order valence-corrected chi connectivity index (χ3v) is 4.16. The molecule has 2 aromatic rings. The molecule has 0 atom stereocenters. The van der Waals surface area contributed by atoms with Crippen molar-refractivity contribution in [3.8, 4) is 11.4 Å². The largest absolute Gasteiger partial charge is 0.380 e. The minimum absolute atomic E-state index is 0.113. The van der Waals surface area contributed by atoms with Crippen molar-refractivity contribution >= 4 is 15.9 Å². The molecule has 1 fully saturated rings. The first-order valence-corrected chi connectivity index (χ1v) is 7.36. The molecule has 0 aliphatic heterocycles. The minimum Gasteiger partial charge on any atom is -0.380 e. The van der Waals surface area contributed by atoms with Gasteiger partial charge in [0.1, 0.15) is 10.3 Å². The van der Waals surface area contributed by atoms with Gasteiger partial charge in [-0.15, -0.1) is 0 Å². The fourth-order valence-electron chi connectivity index (χ4n) is 2.17. The lowest BCUT2D eigenvalue weighted by Crippen LogP contribution is -2.13. The molecule has 1 aliphatic rings. The summed E-state index contributed by atoms with van der Waals surface area (Å²) < 4.78 is 5.66. The van der Waals surface area contributed by atoms with E-state index in [0.29, 0.717) is 22.8 Å². The number of rotatable bonds is 4. The standard InChI is InChI=1S/C15H15BrN2O2/c1-20-8-9-2-4-11(5-3-9)14-17-13(10-6-7-10)12(16)15(19)18-14/h2-5,10H,6-8H2,1H3,(H,17,18,19). The Morgan fingerprint density at radius 3 is 2.65 bits per heavy atom. The van der Waals surface area contributed by atoms with E-state index in [9.17, 15) is 4.79 Å². The van der Waals surface area contributed by atoms with Crippen LogP contribution in [-0.2, 0) is 11.3 Å². The molecule has 1 aromatic heterocycles. The van der Waals surface area contributed by atoms with Crippen molar-refractivity contribution in [1.29, 1.82) is 0 Å². The normalized spacial score (nSPS) is 14.5. The van der Waals surface area contributed by atoms with Crippen LogP contribution in [0.3, 0.4) is 0 Å². The first-order valence-electron chi connectivity index (χ1n) is 6.57. The number of ether oxygens (including phenoxy) is 1. The van der Waals surface area contributed by atoms with Crippen LogP contribution < -0.4 is 5.56 Å². The number of benzene rings is 1. The number of nitrogens with zero attached hydrogens (tertiary/aromatic N) is 1. The molecule has 3 rings (SSSR count). The van der Waals surface area contributed by atoms with Crippen LogP contribution in [-0.4, -0.2) is 17.1 Å². The molecule has 0 spiro atoms. The fourth-order valence-corrected chi connectivity index (χ4v) is 2.68. The SMILES string of the molecule is COCc1ccc(-c2nc(C3CC3)c(Br)c(=O)[nH]2)cc1. The van der Waals surface area contributed by atoms with Crippen LogP contribution in [0.25, 0.3) is 11.4 Å². The van der Waals surface area contributed by atoms with E-state index < -0.39 is 0 Å². The molecule has 1 saturated carbocycles. The van der Waals surface area contributed by atoms with Crippen molar-refractivity contribution in [2.75, 3.05) is 7.11 Å².